The average Bonchev–Trinajstić information content (AvgIpc) is 2.47. The van der Waals surface area contributed by atoms with Crippen LogP contribution >= 0.6 is 0 Å². The van der Waals surface area contributed by atoms with Crippen molar-refractivity contribution in [3.8, 4) is 0 Å². The fourth-order valence-corrected chi connectivity index (χ4v) is 3.58. The number of piperidine rings is 1. The summed E-state index contributed by atoms with van der Waals surface area (Å²) in [5.41, 5.74) is 2.21. The number of anilines is 1. The van der Waals surface area contributed by atoms with Gasteiger partial charge in [0.15, 0.2) is 0 Å². The summed E-state index contributed by atoms with van der Waals surface area (Å²) < 4.78 is 0. The van der Waals surface area contributed by atoms with Crippen molar-refractivity contribution in [2.45, 2.75) is 39.0 Å². The Hall–Kier alpha value is -1.91. The summed E-state index contributed by atoms with van der Waals surface area (Å²) in [6.45, 7) is 4.20. The molecule has 1 saturated carbocycles. The lowest BCUT2D eigenvalue weighted by molar-refractivity contribution is -0.385. The Kier molecular flexibility index (Phi) is 3.66. The van der Waals surface area contributed by atoms with E-state index >= 15 is 0 Å². The molecular weight excluding hydrogens is 266 g/mol. The van der Waals surface area contributed by atoms with Gasteiger partial charge in [0.05, 0.1) is 4.92 Å². The number of aromatic nitrogens is 1. The van der Waals surface area contributed by atoms with Gasteiger partial charge in [-0.1, -0.05) is 18.6 Å². The van der Waals surface area contributed by atoms with Gasteiger partial charge >= 0.3 is 0 Å². The molecule has 21 heavy (non-hydrogen) atoms. The SMILES string of the molecule is CCC=C1CC2(CCN(c3ccc([N+](=O)[O-])cn3)CC2)C1. The van der Waals surface area contributed by atoms with E-state index in [-0.39, 0.29) is 5.69 Å². The summed E-state index contributed by atoms with van der Waals surface area (Å²) in [7, 11) is 0. The lowest BCUT2D eigenvalue weighted by Crippen LogP contribution is -2.44. The zero-order valence-corrected chi connectivity index (χ0v) is 12.4. The summed E-state index contributed by atoms with van der Waals surface area (Å²) >= 11 is 0. The minimum atomic E-state index is -0.405. The minimum Gasteiger partial charge on any atom is -0.357 e. The molecule has 112 valence electrons. The van der Waals surface area contributed by atoms with Crippen LogP contribution in [0.1, 0.15) is 39.0 Å². The maximum absolute atomic E-state index is 10.7. The van der Waals surface area contributed by atoms with Crippen LogP contribution < -0.4 is 4.90 Å². The Balaban J connectivity index is 1.59. The molecule has 0 atom stereocenters. The molecule has 0 unspecified atom stereocenters. The van der Waals surface area contributed by atoms with Crippen molar-refractivity contribution in [3.05, 3.63) is 40.1 Å². The molecule has 2 fully saturated rings. The van der Waals surface area contributed by atoms with Crippen molar-refractivity contribution in [2.24, 2.45) is 5.41 Å². The molecule has 0 bridgehead atoms. The summed E-state index contributed by atoms with van der Waals surface area (Å²) in [5.74, 6) is 0.860. The Morgan fingerprint density at radius 3 is 2.62 bits per heavy atom. The predicted molar refractivity (Wildman–Crippen MR) is 82.4 cm³/mol. The molecule has 2 heterocycles. The minimum absolute atomic E-state index is 0.0561. The highest BCUT2D eigenvalue weighted by atomic mass is 16.6. The van der Waals surface area contributed by atoms with E-state index < -0.39 is 4.92 Å². The van der Waals surface area contributed by atoms with Crippen molar-refractivity contribution in [1.82, 2.24) is 4.98 Å². The van der Waals surface area contributed by atoms with Gasteiger partial charge in [0.2, 0.25) is 0 Å². The molecule has 0 N–H and O–H groups in total. The third-order valence-electron chi connectivity index (χ3n) is 4.79. The smallest absolute Gasteiger partial charge is 0.287 e. The Bertz CT molecular complexity index is 547. The first kappa shape index (κ1) is 14.0. The second-order valence-corrected chi connectivity index (χ2v) is 6.24. The number of nitrogens with zero attached hydrogens (tertiary/aromatic N) is 3. The van der Waals surface area contributed by atoms with Crippen LogP contribution in [-0.2, 0) is 0 Å². The molecule has 1 saturated heterocycles. The molecule has 1 aromatic heterocycles. The van der Waals surface area contributed by atoms with Crippen LogP contribution in [0.5, 0.6) is 0 Å². The summed E-state index contributed by atoms with van der Waals surface area (Å²) in [5, 5.41) is 10.7. The molecular formula is C16H21N3O2. The first-order chi connectivity index (χ1) is 10.1. The lowest BCUT2D eigenvalue weighted by Gasteiger charge is -2.49. The van der Waals surface area contributed by atoms with Crippen LogP contribution in [0.2, 0.25) is 0 Å². The fraction of sp³-hybridized carbons (Fsp3) is 0.562. The Morgan fingerprint density at radius 1 is 1.38 bits per heavy atom. The van der Waals surface area contributed by atoms with Crippen LogP contribution in [-0.4, -0.2) is 23.0 Å². The number of allylic oxidation sites excluding steroid dienone is 2. The highest BCUT2D eigenvalue weighted by Gasteiger charge is 2.42. The predicted octanol–water partition coefficient (Wildman–Crippen LogP) is 3.71. The molecule has 2 aliphatic rings. The summed E-state index contributed by atoms with van der Waals surface area (Å²) in [6.07, 6.45) is 9.80. The van der Waals surface area contributed by atoms with Crippen molar-refractivity contribution < 1.29 is 4.92 Å². The van der Waals surface area contributed by atoms with Crippen molar-refractivity contribution >= 4 is 11.5 Å². The van der Waals surface area contributed by atoms with E-state index in [1.54, 1.807) is 11.6 Å². The zero-order valence-electron chi connectivity index (χ0n) is 12.4. The molecule has 5 nitrogen and oxygen atoms in total. The molecule has 1 aromatic rings. The maximum Gasteiger partial charge on any atom is 0.287 e. The lowest BCUT2D eigenvalue weighted by atomic mass is 9.60. The van der Waals surface area contributed by atoms with Crippen LogP contribution in [0, 0.1) is 15.5 Å². The molecule has 3 rings (SSSR count). The van der Waals surface area contributed by atoms with Gasteiger partial charge in [-0.05, 0) is 43.6 Å². The highest BCUT2D eigenvalue weighted by molar-refractivity contribution is 5.43. The topological polar surface area (TPSA) is 59.3 Å². The van der Waals surface area contributed by atoms with Crippen LogP contribution in [0.4, 0.5) is 11.5 Å². The van der Waals surface area contributed by atoms with Crippen molar-refractivity contribution in [3.63, 3.8) is 0 Å². The van der Waals surface area contributed by atoms with Crippen molar-refractivity contribution in [1.29, 1.82) is 0 Å². The molecule has 0 radical (unpaired) electrons. The van der Waals surface area contributed by atoms with Gasteiger partial charge in [-0.2, -0.15) is 0 Å². The average molecular weight is 287 g/mol. The Labute approximate surface area is 124 Å². The van der Waals surface area contributed by atoms with E-state index in [9.17, 15) is 10.1 Å². The number of pyridine rings is 1. The van der Waals surface area contributed by atoms with E-state index in [1.807, 2.05) is 0 Å². The molecule has 1 aliphatic heterocycles. The van der Waals surface area contributed by atoms with Gasteiger partial charge in [-0.3, -0.25) is 10.1 Å². The molecule has 0 aromatic carbocycles. The van der Waals surface area contributed by atoms with E-state index in [4.69, 9.17) is 0 Å². The van der Waals surface area contributed by atoms with Gasteiger partial charge in [-0.25, -0.2) is 4.98 Å². The van der Waals surface area contributed by atoms with Gasteiger partial charge in [0.1, 0.15) is 12.0 Å². The standard InChI is InChI=1S/C16H21N3O2/c1-2-3-13-10-16(11-13)6-8-18(9-7-16)15-5-4-14(12-17-15)19(20)21/h3-5,12H,2,6-11H2,1H3. The third kappa shape index (κ3) is 2.77. The van der Waals surface area contributed by atoms with Crippen molar-refractivity contribution in [2.75, 3.05) is 18.0 Å². The highest BCUT2D eigenvalue weighted by Crippen LogP contribution is 2.52. The van der Waals surface area contributed by atoms with E-state index in [0.717, 1.165) is 25.3 Å². The number of hydrogen-bond acceptors (Lipinski definition) is 4. The van der Waals surface area contributed by atoms with Crippen LogP contribution in [0.15, 0.2) is 30.0 Å². The second-order valence-electron chi connectivity index (χ2n) is 6.24. The Morgan fingerprint density at radius 2 is 2.10 bits per heavy atom. The molecule has 0 amide bonds. The maximum atomic E-state index is 10.7. The first-order valence-corrected chi connectivity index (χ1v) is 7.65. The van der Waals surface area contributed by atoms with E-state index in [1.165, 1.54) is 37.9 Å². The third-order valence-corrected chi connectivity index (χ3v) is 4.79. The molecule has 5 heteroatoms. The van der Waals surface area contributed by atoms with Gasteiger partial charge in [-0.15, -0.1) is 0 Å². The largest absolute Gasteiger partial charge is 0.357 e. The van der Waals surface area contributed by atoms with E-state index in [2.05, 4.69) is 22.9 Å². The van der Waals surface area contributed by atoms with E-state index in [0.29, 0.717) is 5.41 Å². The first-order valence-electron chi connectivity index (χ1n) is 7.65. The van der Waals surface area contributed by atoms with Gasteiger partial charge in [0, 0.05) is 19.2 Å². The number of hydrogen-bond donors (Lipinski definition) is 0. The molecule has 1 aliphatic carbocycles. The van der Waals surface area contributed by atoms with Crippen LogP contribution in [0.3, 0.4) is 0 Å². The molecule has 1 spiro atoms. The quantitative estimate of drug-likeness (QED) is 0.483. The second kappa shape index (κ2) is 5.47. The summed E-state index contributed by atoms with van der Waals surface area (Å²) in [4.78, 5) is 16.7. The fourth-order valence-electron chi connectivity index (χ4n) is 3.58. The van der Waals surface area contributed by atoms with Gasteiger partial charge in [0.25, 0.3) is 5.69 Å². The number of nitro groups is 1. The normalized spacial score (nSPS) is 20.2. The monoisotopic (exact) mass is 287 g/mol. The zero-order chi connectivity index (χ0) is 14.9. The number of rotatable bonds is 3. The summed E-state index contributed by atoms with van der Waals surface area (Å²) in [6, 6.07) is 3.30. The van der Waals surface area contributed by atoms with Gasteiger partial charge < -0.3 is 4.90 Å². The van der Waals surface area contributed by atoms with Crippen LogP contribution in [0.25, 0.3) is 0 Å².